The quantitative estimate of drug-likeness (QED) is 0.451. The maximum atomic E-state index is 5.88. The van der Waals surface area contributed by atoms with Gasteiger partial charge in [-0.25, -0.2) is 0 Å². The third-order valence-electron chi connectivity index (χ3n) is 3.81. The molecule has 0 saturated heterocycles. The highest BCUT2D eigenvalue weighted by atomic mass is 16.5. The van der Waals surface area contributed by atoms with Crippen LogP contribution in [0.3, 0.4) is 0 Å². The molecule has 0 aliphatic heterocycles. The summed E-state index contributed by atoms with van der Waals surface area (Å²) in [4.78, 5) is 0. The fourth-order valence-corrected chi connectivity index (χ4v) is 2.55. The van der Waals surface area contributed by atoms with Gasteiger partial charge >= 0.3 is 0 Å². The first kappa shape index (κ1) is 18.6. The second-order valence-electron chi connectivity index (χ2n) is 6.43. The SMILES string of the molecule is C=C(C)COc1cc(COc2ccccc2)cc(COc2ccccc2)c1. The van der Waals surface area contributed by atoms with Crippen LogP contribution in [0, 0.1) is 0 Å². The molecule has 0 aliphatic rings. The fraction of sp³-hybridized carbons (Fsp3) is 0.167. The molecule has 3 rings (SSSR count). The van der Waals surface area contributed by atoms with E-state index in [4.69, 9.17) is 14.2 Å². The van der Waals surface area contributed by atoms with E-state index in [2.05, 4.69) is 12.6 Å². The third-order valence-corrected chi connectivity index (χ3v) is 3.81. The fourth-order valence-electron chi connectivity index (χ4n) is 2.55. The number of rotatable bonds is 9. The van der Waals surface area contributed by atoms with Crippen LogP contribution in [0.15, 0.2) is 91.0 Å². The van der Waals surface area contributed by atoms with Crippen LogP contribution in [-0.4, -0.2) is 6.61 Å². The maximum Gasteiger partial charge on any atom is 0.120 e. The monoisotopic (exact) mass is 360 g/mol. The highest BCUT2D eigenvalue weighted by Crippen LogP contribution is 2.21. The summed E-state index contributed by atoms with van der Waals surface area (Å²) in [6, 6.07) is 25.6. The first-order valence-corrected chi connectivity index (χ1v) is 8.95. The standard InChI is InChI=1S/C24H24O3/c1-19(2)16-25-24-14-20(17-26-22-9-5-3-6-10-22)13-21(15-24)18-27-23-11-7-4-8-12-23/h3-15H,1,16-18H2,2H3. The molecule has 0 spiro atoms. The molecule has 3 nitrogen and oxygen atoms in total. The van der Waals surface area contributed by atoms with Gasteiger partial charge in [0.1, 0.15) is 37.1 Å². The van der Waals surface area contributed by atoms with E-state index >= 15 is 0 Å². The van der Waals surface area contributed by atoms with E-state index in [0.717, 1.165) is 33.9 Å². The molecule has 0 aliphatic carbocycles. The van der Waals surface area contributed by atoms with Crippen molar-refractivity contribution in [2.24, 2.45) is 0 Å². The van der Waals surface area contributed by atoms with E-state index in [-0.39, 0.29) is 0 Å². The molecule has 0 aromatic heterocycles. The topological polar surface area (TPSA) is 27.7 Å². The van der Waals surface area contributed by atoms with E-state index < -0.39 is 0 Å². The summed E-state index contributed by atoms with van der Waals surface area (Å²) in [6.07, 6.45) is 0. The number of hydrogen-bond donors (Lipinski definition) is 0. The molecule has 0 heterocycles. The van der Waals surface area contributed by atoms with Gasteiger partial charge in [-0.05, 0) is 66.1 Å². The van der Waals surface area contributed by atoms with Gasteiger partial charge in [0.25, 0.3) is 0 Å². The van der Waals surface area contributed by atoms with Gasteiger partial charge in [0, 0.05) is 0 Å². The van der Waals surface area contributed by atoms with Gasteiger partial charge in [0.2, 0.25) is 0 Å². The Kier molecular flexibility index (Phi) is 6.53. The molecule has 3 aromatic carbocycles. The van der Waals surface area contributed by atoms with E-state index in [0.29, 0.717) is 19.8 Å². The van der Waals surface area contributed by atoms with Crippen LogP contribution in [0.25, 0.3) is 0 Å². The van der Waals surface area contributed by atoms with Crippen molar-refractivity contribution < 1.29 is 14.2 Å². The summed E-state index contributed by atoms with van der Waals surface area (Å²) >= 11 is 0. The number of ether oxygens (including phenoxy) is 3. The van der Waals surface area contributed by atoms with Crippen molar-refractivity contribution in [3.8, 4) is 17.2 Å². The van der Waals surface area contributed by atoms with Crippen molar-refractivity contribution in [2.45, 2.75) is 20.1 Å². The van der Waals surface area contributed by atoms with Crippen LogP contribution in [-0.2, 0) is 13.2 Å². The van der Waals surface area contributed by atoms with Crippen molar-refractivity contribution in [3.05, 3.63) is 102 Å². The van der Waals surface area contributed by atoms with Crippen molar-refractivity contribution >= 4 is 0 Å². The Bertz CT molecular complexity index is 796. The average Bonchev–Trinajstić information content (AvgIpc) is 2.71. The van der Waals surface area contributed by atoms with Gasteiger partial charge in [-0.3, -0.25) is 0 Å². The first-order valence-electron chi connectivity index (χ1n) is 8.95. The van der Waals surface area contributed by atoms with Gasteiger partial charge in [-0.1, -0.05) is 43.0 Å². The molecule has 0 atom stereocenters. The van der Waals surface area contributed by atoms with E-state index in [9.17, 15) is 0 Å². The Morgan fingerprint density at radius 2 is 1.15 bits per heavy atom. The molecule has 3 heteroatoms. The highest BCUT2D eigenvalue weighted by Gasteiger charge is 2.05. The normalized spacial score (nSPS) is 10.3. The molecule has 0 N–H and O–H groups in total. The van der Waals surface area contributed by atoms with Gasteiger partial charge in [0.05, 0.1) is 0 Å². The summed E-state index contributed by atoms with van der Waals surface area (Å²) in [5.41, 5.74) is 3.04. The largest absolute Gasteiger partial charge is 0.489 e. The average molecular weight is 360 g/mol. The Morgan fingerprint density at radius 1 is 0.667 bits per heavy atom. The molecule has 0 radical (unpaired) electrons. The molecule has 0 fully saturated rings. The van der Waals surface area contributed by atoms with Crippen LogP contribution >= 0.6 is 0 Å². The first-order chi connectivity index (χ1) is 13.2. The second kappa shape index (κ2) is 9.48. The third kappa shape index (κ3) is 6.23. The highest BCUT2D eigenvalue weighted by molar-refractivity contribution is 5.35. The lowest BCUT2D eigenvalue weighted by Crippen LogP contribution is -2.03. The minimum absolute atomic E-state index is 0.465. The smallest absolute Gasteiger partial charge is 0.120 e. The van der Waals surface area contributed by atoms with Crippen molar-refractivity contribution in [3.63, 3.8) is 0 Å². The van der Waals surface area contributed by atoms with Crippen LogP contribution in [0.5, 0.6) is 17.2 Å². The Morgan fingerprint density at radius 3 is 1.59 bits per heavy atom. The number of hydrogen-bond acceptors (Lipinski definition) is 3. The zero-order valence-electron chi connectivity index (χ0n) is 15.6. The zero-order chi connectivity index (χ0) is 18.9. The number of para-hydroxylation sites is 2. The zero-order valence-corrected chi connectivity index (χ0v) is 15.6. The van der Waals surface area contributed by atoms with Crippen molar-refractivity contribution in [1.29, 1.82) is 0 Å². The van der Waals surface area contributed by atoms with Crippen LogP contribution in [0.1, 0.15) is 18.1 Å². The maximum absolute atomic E-state index is 5.88. The predicted molar refractivity (Wildman–Crippen MR) is 108 cm³/mol. The van der Waals surface area contributed by atoms with Crippen molar-refractivity contribution in [2.75, 3.05) is 6.61 Å². The second-order valence-corrected chi connectivity index (χ2v) is 6.43. The summed E-state index contributed by atoms with van der Waals surface area (Å²) < 4.78 is 17.6. The molecule has 0 unspecified atom stereocenters. The van der Waals surface area contributed by atoms with Crippen molar-refractivity contribution in [1.82, 2.24) is 0 Å². The molecule has 138 valence electrons. The van der Waals surface area contributed by atoms with E-state index in [1.54, 1.807) is 0 Å². The molecular formula is C24H24O3. The van der Waals surface area contributed by atoms with E-state index in [1.165, 1.54) is 0 Å². The molecular weight excluding hydrogens is 336 g/mol. The lowest BCUT2D eigenvalue weighted by molar-refractivity contribution is 0.296. The minimum Gasteiger partial charge on any atom is -0.489 e. The molecule has 3 aromatic rings. The van der Waals surface area contributed by atoms with Crippen LogP contribution in [0.2, 0.25) is 0 Å². The lowest BCUT2D eigenvalue weighted by atomic mass is 10.1. The van der Waals surface area contributed by atoms with Crippen LogP contribution < -0.4 is 14.2 Å². The molecule has 0 amide bonds. The summed E-state index contributed by atoms with van der Waals surface area (Å²) in [5, 5.41) is 0. The Balaban J connectivity index is 1.72. The Hall–Kier alpha value is -3.20. The molecule has 0 bridgehead atoms. The van der Waals surface area contributed by atoms with Crippen LogP contribution in [0.4, 0.5) is 0 Å². The molecule has 27 heavy (non-hydrogen) atoms. The van der Waals surface area contributed by atoms with Gasteiger partial charge in [0.15, 0.2) is 0 Å². The molecule has 0 saturated carbocycles. The lowest BCUT2D eigenvalue weighted by Gasteiger charge is -2.13. The van der Waals surface area contributed by atoms with Gasteiger partial charge < -0.3 is 14.2 Å². The van der Waals surface area contributed by atoms with Gasteiger partial charge in [-0.2, -0.15) is 0 Å². The Labute approximate surface area is 160 Å². The predicted octanol–water partition coefficient (Wildman–Crippen LogP) is 5.80. The minimum atomic E-state index is 0.465. The van der Waals surface area contributed by atoms with Gasteiger partial charge in [-0.15, -0.1) is 0 Å². The summed E-state index contributed by atoms with van der Waals surface area (Å²) in [7, 11) is 0. The van der Waals surface area contributed by atoms with E-state index in [1.807, 2.05) is 79.7 Å². The summed E-state index contributed by atoms with van der Waals surface area (Å²) in [6.45, 7) is 7.26. The summed E-state index contributed by atoms with van der Waals surface area (Å²) in [5.74, 6) is 2.47. The number of benzene rings is 3.